The first-order valence-electron chi connectivity index (χ1n) is 6.00. The fourth-order valence-electron chi connectivity index (χ4n) is 2.16. The van der Waals surface area contributed by atoms with E-state index in [1.54, 1.807) is 0 Å². The fourth-order valence-corrected chi connectivity index (χ4v) is 2.97. The summed E-state index contributed by atoms with van der Waals surface area (Å²) >= 11 is 1.14. The fraction of sp³-hybridized carbons (Fsp3) is 0.250. The van der Waals surface area contributed by atoms with Gasteiger partial charge in [-0.05, 0) is 12.1 Å². The minimum absolute atomic E-state index is 0.0371. The molecule has 0 aliphatic carbocycles. The van der Waals surface area contributed by atoms with Gasteiger partial charge >= 0.3 is 6.18 Å². The van der Waals surface area contributed by atoms with Crippen molar-refractivity contribution in [3.63, 3.8) is 0 Å². The van der Waals surface area contributed by atoms with Crippen LogP contribution in [0.15, 0.2) is 33.2 Å². The van der Waals surface area contributed by atoms with E-state index in [0.717, 1.165) is 24.2 Å². The standard InChI is InChI=1S/C12H9F4N5S/c13-7-3-5(1-2-6(7)12(14,15)16)11(18)8-9(19-4-20-11)22-10(17)21-8/h1-4,10H,17-18H2. The monoisotopic (exact) mass is 331 g/mol. The number of halogens is 4. The van der Waals surface area contributed by atoms with E-state index in [2.05, 4.69) is 15.0 Å². The zero-order valence-electron chi connectivity index (χ0n) is 10.8. The molecule has 4 N–H and O–H groups in total. The second-order valence-corrected chi connectivity index (χ2v) is 5.73. The van der Waals surface area contributed by atoms with Crippen LogP contribution in [-0.4, -0.2) is 22.6 Å². The van der Waals surface area contributed by atoms with Crippen molar-refractivity contribution in [2.75, 3.05) is 0 Å². The molecule has 2 atom stereocenters. The summed E-state index contributed by atoms with van der Waals surface area (Å²) in [4.78, 5) is 12.0. The van der Waals surface area contributed by atoms with Crippen LogP contribution >= 0.6 is 11.8 Å². The molecule has 0 saturated heterocycles. The lowest BCUT2D eigenvalue weighted by atomic mass is 9.94. The first-order chi connectivity index (χ1) is 10.2. The van der Waals surface area contributed by atoms with Crippen LogP contribution in [0, 0.1) is 5.82 Å². The number of nitrogens with zero attached hydrogens (tertiary/aromatic N) is 3. The lowest BCUT2D eigenvalue weighted by Crippen LogP contribution is -2.47. The van der Waals surface area contributed by atoms with Gasteiger partial charge in [0.1, 0.15) is 22.9 Å². The van der Waals surface area contributed by atoms with E-state index < -0.39 is 28.7 Å². The molecular weight excluding hydrogens is 322 g/mol. The first-order valence-corrected chi connectivity index (χ1v) is 6.88. The van der Waals surface area contributed by atoms with Gasteiger partial charge in [-0.1, -0.05) is 17.8 Å². The normalized spacial score (nSPS) is 27.5. The molecule has 2 aliphatic heterocycles. The summed E-state index contributed by atoms with van der Waals surface area (Å²) < 4.78 is 51.6. The van der Waals surface area contributed by atoms with Gasteiger partial charge in [-0.15, -0.1) is 0 Å². The molecule has 1 aromatic carbocycles. The van der Waals surface area contributed by atoms with Crippen LogP contribution in [0.1, 0.15) is 11.1 Å². The van der Waals surface area contributed by atoms with E-state index in [0.29, 0.717) is 17.2 Å². The van der Waals surface area contributed by atoms with Crippen LogP contribution < -0.4 is 11.5 Å². The molecular formula is C12H9F4N5S. The molecule has 2 unspecified atom stereocenters. The Balaban J connectivity index is 2.08. The number of rotatable bonds is 1. The summed E-state index contributed by atoms with van der Waals surface area (Å²) in [6, 6.07) is 2.41. The smallest absolute Gasteiger partial charge is 0.301 e. The van der Waals surface area contributed by atoms with Gasteiger partial charge in [0.2, 0.25) is 0 Å². The molecule has 0 radical (unpaired) electrons. The van der Waals surface area contributed by atoms with Gasteiger partial charge in [0, 0.05) is 5.56 Å². The highest BCUT2D eigenvalue weighted by Gasteiger charge is 2.43. The maximum Gasteiger partial charge on any atom is 0.419 e. The van der Waals surface area contributed by atoms with Crippen molar-refractivity contribution in [2.45, 2.75) is 17.3 Å². The summed E-state index contributed by atoms with van der Waals surface area (Å²) in [5, 5.41) is 0.422. The van der Waals surface area contributed by atoms with E-state index in [9.17, 15) is 17.6 Å². The number of hydrogen-bond acceptors (Lipinski definition) is 6. The molecule has 0 amide bonds. The largest absolute Gasteiger partial charge is 0.419 e. The molecule has 5 nitrogen and oxygen atoms in total. The molecule has 0 fully saturated rings. The quantitative estimate of drug-likeness (QED) is 0.769. The van der Waals surface area contributed by atoms with Gasteiger partial charge in [-0.25, -0.2) is 14.4 Å². The van der Waals surface area contributed by atoms with Gasteiger partial charge in [-0.3, -0.25) is 10.7 Å². The Hall–Kier alpha value is -1.78. The zero-order valence-corrected chi connectivity index (χ0v) is 11.6. The number of alkyl halides is 3. The molecule has 0 aromatic heterocycles. The van der Waals surface area contributed by atoms with Crippen molar-refractivity contribution in [3.05, 3.63) is 35.1 Å². The highest BCUT2D eigenvalue weighted by Crippen LogP contribution is 2.36. The van der Waals surface area contributed by atoms with E-state index in [-0.39, 0.29) is 11.3 Å². The molecule has 0 saturated carbocycles. The third-order valence-electron chi connectivity index (χ3n) is 3.20. The Labute approximate surface area is 126 Å². The van der Waals surface area contributed by atoms with Gasteiger partial charge < -0.3 is 5.73 Å². The predicted molar refractivity (Wildman–Crippen MR) is 76.2 cm³/mol. The van der Waals surface area contributed by atoms with Gasteiger partial charge in [-0.2, -0.15) is 13.2 Å². The minimum Gasteiger partial charge on any atom is -0.301 e. The highest BCUT2D eigenvalue weighted by molar-refractivity contribution is 8.16. The van der Waals surface area contributed by atoms with Gasteiger partial charge in [0.25, 0.3) is 0 Å². The van der Waals surface area contributed by atoms with Crippen molar-refractivity contribution >= 4 is 28.9 Å². The average Bonchev–Trinajstić information content (AvgIpc) is 2.79. The van der Waals surface area contributed by atoms with Crippen LogP contribution in [0.3, 0.4) is 0 Å². The number of hydrogen-bond donors (Lipinski definition) is 2. The van der Waals surface area contributed by atoms with Crippen LogP contribution in [0.2, 0.25) is 0 Å². The third-order valence-corrected chi connectivity index (χ3v) is 4.07. The number of fused-ring (bicyclic) bond motifs is 1. The maximum absolute atomic E-state index is 13.8. The van der Waals surface area contributed by atoms with Crippen molar-refractivity contribution in [1.29, 1.82) is 0 Å². The molecule has 3 rings (SSSR count). The second-order valence-electron chi connectivity index (χ2n) is 4.62. The van der Waals surface area contributed by atoms with Crippen molar-refractivity contribution in [3.8, 4) is 0 Å². The number of nitrogens with two attached hydrogens (primary N) is 2. The van der Waals surface area contributed by atoms with Gasteiger partial charge in [0.15, 0.2) is 11.2 Å². The van der Waals surface area contributed by atoms with Crippen molar-refractivity contribution in [1.82, 2.24) is 0 Å². The van der Waals surface area contributed by atoms with E-state index in [4.69, 9.17) is 11.5 Å². The lowest BCUT2D eigenvalue weighted by Gasteiger charge is -2.27. The molecule has 2 aliphatic rings. The first kappa shape index (κ1) is 15.1. The summed E-state index contributed by atoms with van der Waals surface area (Å²) in [5.41, 5.74) is 8.44. The predicted octanol–water partition coefficient (Wildman–Crippen LogP) is 1.83. The summed E-state index contributed by atoms with van der Waals surface area (Å²) in [7, 11) is 0. The Morgan fingerprint density at radius 3 is 2.64 bits per heavy atom. The zero-order chi connectivity index (χ0) is 16.1. The van der Waals surface area contributed by atoms with Crippen LogP contribution in [0.5, 0.6) is 0 Å². The Kier molecular flexibility index (Phi) is 3.34. The SMILES string of the molecule is NC1N=C2C(=NC=NC2(N)c2ccc(C(F)(F)F)c(F)c2)S1. The average molecular weight is 331 g/mol. The van der Waals surface area contributed by atoms with Crippen molar-refractivity contribution < 1.29 is 17.6 Å². The summed E-state index contributed by atoms with van der Waals surface area (Å²) in [6.45, 7) is 0. The van der Waals surface area contributed by atoms with Gasteiger partial charge in [0.05, 0.1) is 5.56 Å². The van der Waals surface area contributed by atoms with Crippen LogP contribution in [0.25, 0.3) is 0 Å². The molecule has 1 aromatic rings. The Morgan fingerprint density at radius 1 is 1.27 bits per heavy atom. The van der Waals surface area contributed by atoms with E-state index in [1.165, 1.54) is 0 Å². The molecule has 116 valence electrons. The lowest BCUT2D eigenvalue weighted by molar-refractivity contribution is -0.140. The third kappa shape index (κ3) is 2.32. The Morgan fingerprint density at radius 2 is 2.00 bits per heavy atom. The molecule has 22 heavy (non-hydrogen) atoms. The maximum atomic E-state index is 13.8. The summed E-state index contributed by atoms with van der Waals surface area (Å²) in [6.07, 6.45) is -3.62. The molecule has 2 heterocycles. The highest BCUT2D eigenvalue weighted by atomic mass is 32.2. The molecule has 10 heteroatoms. The van der Waals surface area contributed by atoms with E-state index in [1.807, 2.05) is 0 Å². The second kappa shape index (κ2) is 4.86. The topological polar surface area (TPSA) is 89.1 Å². The van der Waals surface area contributed by atoms with Crippen LogP contribution in [0.4, 0.5) is 17.6 Å². The van der Waals surface area contributed by atoms with Crippen LogP contribution in [-0.2, 0) is 11.8 Å². The minimum atomic E-state index is -4.78. The summed E-state index contributed by atoms with van der Waals surface area (Å²) in [5.74, 6) is -1.43. The van der Waals surface area contributed by atoms with Crippen molar-refractivity contribution in [2.24, 2.45) is 26.4 Å². The van der Waals surface area contributed by atoms with E-state index >= 15 is 0 Å². The number of thioether (sulfide) groups is 1. The Bertz CT molecular complexity index is 727. The number of benzene rings is 1. The molecule has 0 spiro atoms. The molecule has 0 bridgehead atoms. The number of aliphatic imine (C=N–C) groups is 3.